The summed E-state index contributed by atoms with van der Waals surface area (Å²) >= 11 is 0. The van der Waals surface area contributed by atoms with Gasteiger partial charge >= 0.3 is 0 Å². The molecule has 3 atom stereocenters. The van der Waals surface area contributed by atoms with Crippen molar-refractivity contribution in [3.05, 3.63) is 64.9 Å². The highest BCUT2D eigenvalue weighted by molar-refractivity contribution is 5.92. The van der Waals surface area contributed by atoms with E-state index in [0.717, 1.165) is 40.6 Å². The van der Waals surface area contributed by atoms with E-state index in [-0.39, 0.29) is 23.5 Å². The molecule has 34 heavy (non-hydrogen) atoms. The number of benzene rings is 1. The van der Waals surface area contributed by atoms with Crippen molar-refractivity contribution in [1.82, 2.24) is 25.1 Å². The van der Waals surface area contributed by atoms with Crippen molar-refractivity contribution in [1.29, 1.82) is 5.26 Å². The van der Waals surface area contributed by atoms with E-state index in [9.17, 15) is 10.4 Å². The monoisotopic (exact) mass is 450 g/mol. The fraction of sp³-hybridized carbons (Fsp3) is 0.308. The lowest BCUT2D eigenvalue weighted by molar-refractivity contribution is 0.198. The van der Waals surface area contributed by atoms with Crippen molar-refractivity contribution in [2.75, 3.05) is 0 Å². The Labute approximate surface area is 196 Å². The van der Waals surface area contributed by atoms with Gasteiger partial charge in [-0.2, -0.15) is 10.2 Å². The first-order valence-electron chi connectivity index (χ1n) is 11.4. The van der Waals surface area contributed by atoms with Crippen molar-refractivity contribution >= 4 is 10.9 Å². The molecule has 2 aliphatic rings. The van der Waals surface area contributed by atoms with Crippen molar-refractivity contribution in [3.8, 4) is 29.0 Å². The van der Waals surface area contributed by atoms with Gasteiger partial charge in [-0.25, -0.2) is 9.97 Å². The molecule has 6 rings (SSSR count). The molecule has 8 heteroatoms. The summed E-state index contributed by atoms with van der Waals surface area (Å²) in [5.74, 6) is 1.79. The Balaban J connectivity index is 1.61. The van der Waals surface area contributed by atoms with Crippen LogP contribution in [0.25, 0.3) is 33.9 Å². The average molecular weight is 451 g/mol. The molecule has 1 aromatic carbocycles. The van der Waals surface area contributed by atoms with E-state index in [1.54, 1.807) is 13.1 Å². The summed E-state index contributed by atoms with van der Waals surface area (Å²) in [6.07, 6.45) is 3.82. The maximum atomic E-state index is 10.6. The van der Waals surface area contributed by atoms with Gasteiger partial charge in [0.15, 0.2) is 11.6 Å². The van der Waals surface area contributed by atoms with Crippen LogP contribution in [0.1, 0.15) is 42.8 Å². The number of hydrogen-bond donors (Lipinski definition) is 1. The molecule has 0 saturated heterocycles. The van der Waals surface area contributed by atoms with E-state index >= 15 is 0 Å². The van der Waals surface area contributed by atoms with Gasteiger partial charge in [-0.3, -0.25) is 4.98 Å². The summed E-state index contributed by atoms with van der Waals surface area (Å²) in [7, 11) is 0. The van der Waals surface area contributed by atoms with E-state index in [0.29, 0.717) is 35.2 Å². The number of hydrogen-bond acceptors (Lipinski definition) is 8. The highest BCUT2D eigenvalue weighted by atomic mass is 16.5. The standard InChI is InChI=1S/C26H22N6O2/c1-13-16-7-8-19-22(20(16)11-15(12-27)24(13)33)30-25(31-23(19)26-29-14(2)32-34-26)18-9-10-28-21-6-4-3-5-17(18)21/h3-6,9-10,13,16,20,33H,7-8,11H2,1-2H3. The number of aromatic nitrogens is 5. The molecule has 0 aliphatic heterocycles. The van der Waals surface area contributed by atoms with E-state index in [1.165, 1.54) is 0 Å². The Bertz CT molecular complexity index is 1510. The molecule has 0 fully saturated rings. The molecule has 8 nitrogen and oxygen atoms in total. The van der Waals surface area contributed by atoms with Crippen LogP contribution in [0.15, 0.2) is 52.4 Å². The Kier molecular flexibility index (Phi) is 4.66. The predicted molar refractivity (Wildman–Crippen MR) is 124 cm³/mol. The molecule has 0 saturated carbocycles. The first-order valence-corrected chi connectivity index (χ1v) is 11.4. The van der Waals surface area contributed by atoms with Gasteiger partial charge in [0.05, 0.1) is 22.9 Å². The van der Waals surface area contributed by atoms with Gasteiger partial charge in [-0.05, 0) is 44.2 Å². The van der Waals surface area contributed by atoms with E-state index in [2.05, 4.69) is 21.2 Å². The third-order valence-electron chi connectivity index (χ3n) is 7.20. The zero-order valence-electron chi connectivity index (χ0n) is 18.9. The summed E-state index contributed by atoms with van der Waals surface area (Å²) in [5.41, 5.74) is 4.70. The number of pyridine rings is 1. The first-order chi connectivity index (χ1) is 16.5. The second kappa shape index (κ2) is 7.73. The van der Waals surface area contributed by atoms with Gasteiger partial charge < -0.3 is 9.63 Å². The third kappa shape index (κ3) is 3.08. The van der Waals surface area contributed by atoms with Crippen LogP contribution in [-0.2, 0) is 6.42 Å². The molecular formula is C26H22N6O2. The summed E-state index contributed by atoms with van der Waals surface area (Å²) in [4.78, 5) is 19.0. The van der Waals surface area contributed by atoms with Crippen LogP contribution >= 0.6 is 0 Å². The van der Waals surface area contributed by atoms with Crippen molar-refractivity contribution in [2.45, 2.75) is 39.0 Å². The zero-order valence-corrected chi connectivity index (χ0v) is 18.9. The smallest absolute Gasteiger partial charge is 0.276 e. The van der Waals surface area contributed by atoms with Crippen LogP contribution in [0.5, 0.6) is 0 Å². The van der Waals surface area contributed by atoms with Gasteiger partial charge in [0.1, 0.15) is 11.5 Å². The molecule has 0 amide bonds. The number of rotatable bonds is 2. The Morgan fingerprint density at radius 3 is 2.79 bits per heavy atom. The molecular weight excluding hydrogens is 428 g/mol. The first kappa shape index (κ1) is 20.5. The normalized spacial score (nSPS) is 21.7. The molecule has 0 bridgehead atoms. The number of aliphatic hydroxyl groups is 1. The Morgan fingerprint density at radius 1 is 1.15 bits per heavy atom. The summed E-state index contributed by atoms with van der Waals surface area (Å²) in [6, 6.07) is 12.0. The number of nitrogens with zero attached hydrogens (tertiary/aromatic N) is 6. The quantitative estimate of drug-likeness (QED) is 0.449. The minimum Gasteiger partial charge on any atom is -0.511 e. The molecule has 3 unspecified atom stereocenters. The molecule has 3 aromatic heterocycles. The molecule has 0 radical (unpaired) electrons. The SMILES string of the molecule is Cc1noc(-c2nc(-c3ccnc4ccccc34)nc3c2CCC2C(C)C(O)=C(C#N)CC32)n1. The highest BCUT2D eigenvalue weighted by Gasteiger charge is 2.42. The Morgan fingerprint density at radius 2 is 2.00 bits per heavy atom. The van der Waals surface area contributed by atoms with Crippen molar-refractivity contribution in [2.24, 2.45) is 11.8 Å². The van der Waals surface area contributed by atoms with Crippen LogP contribution < -0.4 is 0 Å². The van der Waals surface area contributed by atoms with Gasteiger partial charge in [-0.1, -0.05) is 30.3 Å². The number of para-hydroxylation sites is 1. The summed E-state index contributed by atoms with van der Waals surface area (Å²) in [5, 5.41) is 25.2. The molecule has 1 N–H and O–H groups in total. The predicted octanol–water partition coefficient (Wildman–Crippen LogP) is 5.07. The largest absolute Gasteiger partial charge is 0.511 e. The molecule has 0 spiro atoms. The fourth-order valence-corrected chi connectivity index (χ4v) is 5.50. The summed E-state index contributed by atoms with van der Waals surface area (Å²) < 4.78 is 5.55. The summed E-state index contributed by atoms with van der Waals surface area (Å²) in [6.45, 7) is 3.78. The maximum Gasteiger partial charge on any atom is 0.276 e. The number of aliphatic hydroxyl groups excluding tert-OH is 1. The topological polar surface area (TPSA) is 122 Å². The molecule has 2 aliphatic carbocycles. The van der Waals surface area contributed by atoms with Gasteiger partial charge in [0.2, 0.25) is 0 Å². The van der Waals surface area contributed by atoms with Crippen LogP contribution in [0.3, 0.4) is 0 Å². The van der Waals surface area contributed by atoms with E-state index in [4.69, 9.17) is 14.5 Å². The van der Waals surface area contributed by atoms with Gasteiger partial charge in [-0.15, -0.1) is 0 Å². The van der Waals surface area contributed by atoms with E-state index in [1.807, 2.05) is 37.3 Å². The maximum absolute atomic E-state index is 10.6. The second-order valence-electron chi connectivity index (χ2n) is 9.06. The lowest BCUT2D eigenvalue weighted by Crippen LogP contribution is -2.33. The fourth-order valence-electron chi connectivity index (χ4n) is 5.50. The number of aryl methyl sites for hydroxylation is 1. The number of nitriles is 1. The average Bonchev–Trinajstić information content (AvgIpc) is 3.30. The number of fused-ring (bicyclic) bond motifs is 4. The van der Waals surface area contributed by atoms with Gasteiger partial charge in [0, 0.05) is 34.5 Å². The second-order valence-corrected chi connectivity index (χ2v) is 9.06. The van der Waals surface area contributed by atoms with Crippen LogP contribution in [0, 0.1) is 30.1 Å². The van der Waals surface area contributed by atoms with Crippen LogP contribution in [-0.4, -0.2) is 30.2 Å². The van der Waals surface area contributed by atoms with E-state index < -0.39 is 0 Å². The minimum absolute atomic E-state index is 0.00178. The zero-order chi connectivity index (χ0) is 23.4. The molecule has 168 valence electrons. The lowest BCUT2D eigenvalue weighted by atomic mass is 9.65. The van der Waals surface area contributed by atoms with Gasteiger partial charge in [0.25, 0.3) is 5.89 Å². The molecule has 4 aromatic rings. The van der Waals surface area contributed by atoms with Crippen LogP contribution in [0.4, 0.5) is 0 Å². The third-order valence-corrected chi connectivity index (χ3v) is 7.20. The number of allylic oxidation sites excluding steroid dienone is 2. The van der Waals surface area contributed by atoms with Crippen molar-refractivity contribution in [3.63, 3.8) is 0 Å². The lowest BCUT2D eigenvalue weighted by Gasteiger charge is -2.40. The van der Waals surface area contributed by atoms with Crippen LogP contribution in [0.2, 0.25) is 0 Å². The molecule has 3 heterocycles. The van der Waals surface area contributed by atoms with Crippen molar-refractivity contribution < 1.29 is 9.63 Å². The Hall–Kier alpha value is -4.12. The highest BCUT2D eigenvalue weighted by Crippen LogP contribution is 2.50. The minimum atomic E-state index is -0.101.